The SMILES string of the molecule is COc1ccc(OCC(=O)NC[C@@H]2COc3ccccc3O2)c([N+](=O)[O-])c1. The normalized spacial score (nSPS) is 14.9. The number of methoxy groups -OCH3 is 1. The first-order valence-corrected chi connectivity index (χ1v) is 8.17. The molecule has 0 bridgehead atoms. The molecule has 1 aliphatic heterocycles. The highest BCUT2D eigenvalue weighted by Gasteiger charge is 2.22. The summed E-state index contributed by atoms with van der Waals surface area (Å²) < 4.78 is 21.5. The van der Waals surface area contributed by atoms with Crippen molar-refractivity contribution in [3.63, 3.8) is 0 Å². The van der Waals surface area contributed by atoms with Gasteiger partial charge in [-0.25, -0.2) is 0 Å². The van der Waals surface area contributed by atoms with Gasteiger partial charge in [0.2, 0.25) is 0 Å². The smallest absolute Gasteiger partial charge is 0.314 e. The highest BCUT2D eigenvalue weighted by molar-refractivity contribution is 5.77. The Bertz CT molecular complexity index is 840. The van der Waals surface area contributed by atoms with Crippen molar-refractivity contribution in [3.05, 3.63) is 52.6 Å². The van der Waals surface area contributed by atoms with Crippen LogP contribution in [0.25, 0.3) is 0 Å². The van der Waals surface area contributed by atoms with Crippen LogP contribution >= 0.6 is 0 Å². The van der Waals surface area contributed by atoms with Crippen LogP contribution in [0.2, 0.25) is 0 Å². The van der Waals surface area contributed by atoms with Gasteiger partial charge >= 0.3 is 5.69 Å². The van der Waals surface area contributed by atoms with E-state index in [0.717, 1.165) is 0 Å². The first-order valence-electron chi connectivity index (χ1n) is 8.17. The predicted molar refractivity (Wildman–Crippen MR) is 94.5 cm³/mol. The molecule has 1 heterocycles. The van der Waals surface area contributed by atoms with Gasteiger partial charge in [-0.2, -0.15) is 0 Å². The van der Waals surface area contributed by atoms with Crippen LogP contribution in [-0.2, 0) is 4.79 Å². The molecule has 1 N–H and O–H groups in total. The average molecular weight is 374 g/mol. The van der Waals surface area contributed by atoms with Gasteiger partial charge in [-0.1, -0.05) is 12.1 Å². The van der Waals surface area contributed by atoms with Crippen molar-refractivity contribution >= 4 is 11.6 Å². The van der Waals surface area contributed by atoms with Crippen molar-refractivity contribution in [2.75, 3.05) is 26.9 Å². The minimum atomic E-state index is -0.597. The van der Waals surface area contributed by atoms with E-state index < -0.39 is 10.8 Å². The Hall–Kier alpha value is -3.49. The molecule has 0 saturated carbocycles. The minimum Gasteiger partial charge on any atom is -0.496 e. The van der Waals surface area contributed by atoms with Crippen molar-refractivity contribution in [3.8, 4) is 23.0 Å². The summed E-state index contributed by atoms with van der Waals surface area (Å²) in [6, 6.07) is 11.4. The number of hydrogen-bond acceptors (Lipinski definition) is 7. The van der Waals surface area contributed by atoms with Gasteiger partial charge in [0.1, 0.15) is 18.5 Å². The summed E-state index contributed by atoms with van der Waals surface area (Å²) in [5, 5.41) is 13.8. The molecule has 1 atom stereocenters. The molecule has 0 spiro atoms. The predicted octanol–water partition coefficient (Wildman–Crippen LogP) is 1.94. The number of carbonyl (C=O) groups is 1. The van der Waals surface area contributed by atoms with Crippen LogP contribution in [0.15, 0.2) is 42.5 Å². The fourth-order valence-electron chi connectivity index (χ4n) is 2.47. The summed E-state index contributed by atoms with van der Waals surface area (Å²) in [5.41, 5.74) is -0.275. The number of rotatable bonds is 7. The molecule has 9 heteroatoms. The Balaban J connectivity index is 1.50. The molecule has 9 nitrogen and oxygen atoms in total. The molecule has 1 aliphatic rings. The molecular weight excluding hydrogens is 356 g/mol. The van der Waals surface area contributed by atoms with Crippen molar-refractivity contribution < 1.29 is 28.7 Å². The number of nitrogens with zero attached hydrogens (tertiary/aromatic N) is 1. The number of nitrogens with one attached hydrogen (secondary N) is 1. The van der Waals surface area contributed by atoms with Crippen molar-refractivity contribution in [2.24, 2.45) is 0 Å². The molecular formula is C18H18N2O7. The molecule has 3 rings (SSSR count). The molecule has 0 aliphatic carbocycles. The van der Waals surface area contributed by atoms with Gasteiger partial charge in [0.05, 0.1) is 24.6 Å². The number of benzene rings is 2. The van der Waals surface area contributed by atoms with Gasteiger partial charge < -0.3 is 24.3 Å². The van der Waals surface area contributed by atoms with Crippen LogP contribution in [0.4, 0.5) is 5.69 Å². The summed E-state index contributed by atoms with van der Waals surface area (Å²) in [6.07, 6.45) is -0.334. The second-order valence-corrected chi connectivity index (χ2v) is 5.68. The third-order valence-corrected chi connectivity index (χ3v) is 3.82. The minimum absolute atomic E-state index is 0.0119. The maximum Gasteiger partial charge on any atom is 0.314 e. The van der Waals surface area contributed by atoms with E-state index in [2.05, 4.69) is 5.32 Å². The van der Waals surface area contributed by atoms with Gasteiger partial charge in [0.25, 0.3) is 5.91 Å². The summed E-state index contributed by atoms with van der Waals surface area (Å²) in [4.78, 5) is 22.5. The lowest BCUT2D eigenvalue weighted by Gasteiger charge is -2.26. The first-order chi connectivity index (χ1) is 13.1. The Morgan fingerprint density at radius 1 is 1.30 bits per heavy atom. The number of fused-ring (bicyclic) bond motifs is 1. The topological polar surface area (TPSA) is 109 Å². The van der Waals surface area contributed by atoms with E-state index in [1.54, 1.807) is 12.1 Å². The quantitative estimate of drug-likeness (QED) is 0.582. The fraction of sp³-hybridized carbons (Fsp3) is 0.278. The Morgan fingerprint density at radius 3 is 2.81 bits per heavy atom. The molecule has 0 aromatic heterocycles. The molecule has 0 radical (unpaired) electrons. The Labute approximate surface area is 154 Å². The average Bonchev–Trinajstić information content (AvgIpc) is 2.70. The maximum atomic E-state index is 12.0. The van der Waals surface area contributed by atoms with Gasteiger partial charge in [0.15, 0.2) is 23.9 Å². The van der Waals surface area contributed by atoms with Crippen LogP contribution < -0.4 is 24.3 Å². The molecule has 2 aromatic carbocycles. The zero-order valence-corrected chi connectivity index (χ0v) is 14.5. The lowest BCUT2D eigenvalue weighted by Crippen LogP contribution is -2.42. The van der Waals surface area contributed by atoms with E-state index >= 15 is 0 Å². The van der Waals surface area contributed by atoms with Crippen LogP contribution in [0.3, 0.4) is 0 Å². The monoisotopic (exact) mass is 374 g/mol. The van der Waals surface area contributed by atoms with Gasteiger partial charge in [-0.05, 0) is 24.3 Å². The van der Waals surface area contributed by atoms with E-state index in [1.807, 2.05) is 12.1 Å². The highest BCUT2D eigenvalue weighted by atomic mass is 16.6. The number of hydrogen-bond donors (Lipinski definition) is 1. The van der Waals surface area contributed by atoms with Crippen LogP contribution in [0.1, 0.15) is 0 Å². The molecule has 0 unspecified atom stereocenters. The molecule has 1 amide bonds. The second-order valence-electron chi connectivity index (χ2n) is 5.68. The van der Waals surface area contributed by atoms with Gasteiger partial charge in [-0.3, -0.25) is 14.9 Å². The first kappa shape index (κ1) is 18.3. The number of nitro benzene ring substituents is 1. The van der Waals surface area contributed by atoms with Crippen molar-refractivity contribution in [1.29, 1.82) is 0 Å². The summed E-state index contributed by atoms with van der Waals surface area (Å²) in [6.45, 7) is 0.167. The lowest BCUT2D eigenvalue weighted by atomic mass is 10.2. The van der Waals surface area contributed by atoms with Crippen LogP contribution in [0, 0.1) is 10.1 Å². The fourth-order valence-corrected chi connectivity index (χ4v) is 2.47. The molecule has 142 valence electrons. The van der Waals surface area contributed by atoms with Crippen molar-refractivity contribution in [2.45, 2.75) is 6.10 Å². The van der Waals surface area contributed by atoms with E-state index in [0.29, 0.717) is 23.9 Å². The number of carbonyl (C=O) groups excluding carboxylic acids is 1. The standard InChI is InChI=1S/C18H18N2O7/c1-24-12-6-7-15(14(8-12)20(22)23)26-11-18(21)19-9-13-10-25-16-4-2-3-5-17(16)27-13/h2-8,13H,9-11H2,1H3,(H,19,21)/t13-/m1/s1. The third-order valence-electron chi connectivity index (χ3n) is 3.82. The number of amides is 1. The van der Waals surface area contributed by atoms with Gasteiger partial charge in [-0.15, -0.1) is 0 Å². The summed E-state index contributed by atoms with van der Waals surface area (Å²) in [7, 11) is 1.41. The molecule has 0 fully saturated rings. The zero-order valence-electron chi connectivity index (χ0n) is 14.5. The van der Waals surface area contributed by atoms with Crippen LogP contribution in [0.5, 0.6) is 23.0 Å². The largest absolute Gasteiger partial charge is 0.496 e. The van der Waals surface area contributed by atoms with E-state index in [1.165, 1.54) is 25.3 Å². The number of nitro groups is 1. The lowest BCUT2D eigenvalue weighted by molar-refractivity contribution is -0.385. The molecule has 0 saturated heterocycles. The second kappa shape index (κ2) is 8.26. The number of para-hydroxylation sites is 2. The summed E-state index contributed by atoms with van der Waals surface area (Å²) >= 11 is 0. The zero-order chi connectivity index (χ0) is 19.2. The van der Waals surface area contributed by atoms with E-state index in [9.17, 15) is 14.9 Å². The summed E-state index contributed by atoms with van der Waals surface area (Å²) in [5.74, 6) is 1.17. The Kier molecular flexibility index (Phi) is 5.60. The van der Waals surface area contributed by atoms with E-state index in [-0.39, 0.29) is 30.7 Å². The molecule has 27 heavy (non-hydrogen) atoms. The maximum absolute atomic E-state index is 12.0. The van der Waals surface area contributed by atoms with Crippen molar-refractivity contribution in [1.82, 2.24) is 5.32 Å². The Morgan fingerprint density at radius 2 is 2.07 bits per heavy atom. The third kappa shape index (κ3) is 4.57. The number of ether oxygens (including phenoxy) is 4. The molecule has 2 aromatic rings. The van der Waals surface area contributed by atoms with E-state index in [4.69, 9.17) is 18.9 Å². The van der Waals surface area contributed by atoms with Gasteiger partial charge in [0, 0.05) is 0 Å². The highest BCUT2D eigenvalue weighted by Crippen LogP contribution is 2.31. The van der Waals surface area contributed by atoms with Crippen LogP contribution in [-0.4, -0.2) is 43.8 Å².